The first kappa shape index (κ1) is 13.5. The van der Waals surface area contributed by atoms with Crippen molar-refractivity contribution in [1.29, 1.82) is 5.26 Å². The molecule has 0 amide bonds. The van der Waals surface area contributed by atoms with Crippen molar-refractivity contribution in [3.63, 3.8) is 0 Å². The molecule has 1 fully saturated rings. The van der Waals surface area contributed by atoms with Crippen LogP contribution in [0.2, 0.25) is 5.02 Å². The molecule has 2 aliphatic heterocycles. The van der Waals surface area contributed by atoms with Gasteiger partial charge in [-0.25, -0.2) is 0 Å². The quantitative estimate of drug-likeness (QED) is 0.745. The third-order valence-corrected chi connectivity index (χ3v) is 4.46. The monoisotopic (exact) mass is 286 g/mol. The van der Waals surface area contributed by atoms with Crippen molar-refractivity contribution in [3.8, 4) is 18.4 Å². The number of halogens is 1. The molecule has 1 atom stereocenters. The maximum atomic E-state index is 9.29. The lowest BCUT2D eigenvalue weighted by atomic mass is 9.83. The Balaban J connectivity index is 1.92. The summed E-state index contributed by atoms with van der Waals surface area (Å²) in [5.41, 5.74) is 1.67. The topological polar surface area (TPSA) is 36.3 Å². The molecule has 0 aromatic heterocycles. The lowest BCUT2D eigenvalue weighted by Crippen LogP contribution is -2.42. The molecule has 0 saturated carbocycles. The third kappa shape index (κ3) is 2.09. The zero-order valence-corrected chi connectivity index (χ0v) is 11.9. The minimum absolute atomic E-state index is 0.369. The first-order valence-corrected chi connectivity index (χ1v) is 7.09. The van der Waals surface area contributed by atoms with Crippen molar-refractivity contribution in [2.24, 2.45) is 0 Å². The lowest BCUT2D eigenvalue weighted by molar-refractivity contribution is -0.0909. The minimum Gasteiger partial charge on any atom is -0.347 e. The first-order chi connectivity index (χ1) is 9.68. The average molecular weight is 287 g/mol. The van der Waals surface area contributed by atoms with Gasteiger partial charge in [0.1, 0.15) is 0 Å². The molecule has 1 aromatic rings. The predicted octanol–water partition coefficient (Wildman–Crippen LogP) is 2.86. The fraction of sp³-hybridized carbons (Fsp3) is 0.438. The largest absolute Gasteiger partial charge is 0.347 e. The first-order valence-electron chi connectivity index (χ1n) is 6.72. The number of hydrogen-bond donors (Lipinski definition) is 0. The van der Waals surface area contributed by atoms with E-state index in [-0.39, 0.29) is 5.60 Å². The van der Waals surface area contributed by atoms with Gasteiger partial charge in [-0.05, 0) is 30.5 Å². The molecule has 0 bridgehead atoms. The van der Waals surface area contributed by atoms with Crippen molar-refractivity contribution < 1.29 is 4.74 Å². The van der Waals surface area contributed by atoms with Gasteiger partial charge in [-0.3, -0.25) is 4.90 Å². The van der Waals surface area contributed by atoms with E-state index in [9.17, 15) is 5.26 Å². The molecular weight excluding hydrogens is 272 g/mol. The molecule has 0 aliphatic carbocycles. The van der Waals surface area contributed by atoms with Crippen LogP contribution in [0.1, 0.15) is 30.1 Å². The van der Waals surface area contributed by atoms with Gasteiger partial charge in [0.25, 0.3) is 0 Å². The molecule has 1 aromatic carbocycles. The third-order valence-electron chi connectivity index (χ3n) is 4.23. The summed E-state index contributed by atoms with van der Waals surface area (Å²) in [4.78, 5) is 2.23. The summed E-state index contributed by atoms with van der Waals surface area (Å²) >= 11 is 6.12. The summed E-state index contributed by atoms with van der Waals surface area (Å²) in [6.45, 7) is 2.43. The number of terminal acetylenes is 1. The van der Waals surface area contributed by atoms with Crippen LogP contribution >= 0.6 is 11.6 Å². The average Bonchev–Trinajstić information content (AvgIpc) is 2.76. The number of nitrogens with zero attached hydrogens (tertiary/aromatic N) is 2. The maximum absolute atomic E-state index is 9.29. The van der Waals surface area contributed by atoms with Crippen LogP contribution in [0.4, 0.5) is 0 Å². The van der Waals surface area contributed by atoms with Crippen LogP contribution < -0.4 is 0 Å². The molecule has 3 rings (SSSR count). The minimum atomic E-state index is -0.485. The van der Waals surface area contributed by atoms with Crippen LogP contribution in [-0.2, 0) is 10.3 Å². The van der Waals surface area contributed by atoms with E-state index in [0.29, 0.717) is 11.6 Å². The van der Waals surface area contributed by atoms with Crippen molar-refractivity contribution in [2.45, 2.75) is 24.5 Å². The zero-order valence-electron chi connectivity index (χ0n) is 11.1. The Morgan fingerprint density at radius 1 is 1.45 bits per heavy atom. The zero-order chi connectivity index (χ0) is 14.2. The lowest BCUT2D eigenvalue weighted by Gasteiger charge is -2.38. The van der Waals surface area contributed by atoms with Crippen LogP contribution in [-0.4, -0.2) is 24.5 Å². The predicted molar refractivity (Wildman–Crippen MR) is 77.1 cm³/mol. The molecule has 0 N–H and O–H groups in total. The number of hydrogen-bond acceptors (Lipinski definition) is 3. The summed E-state index contributed by atoms with van der Waals surface area (Å²) in [5, 5.41) is 9.98. The molecule has 0 radical (unpaired) electrons. The maximum Gasteiger partial charge on any atom is 0.170 e. The number of ether oxygens (including phenoxy) is 1. The number of rotatable bonds is 1. The van der Waals surface area contributed by atoms with Crippen LogP contribution in [0, 0.1) is 23.7 Å². The highest BCUT2D eigenvalue weighted by Crippen LogP contribution is 2.49. The van der Waals surface area contributed by atoms with Gasteiger partial charge in [0.2, 0.25) is 0 Å². The molecule has 102 valence electrons. The molecular formula is C16H15ClN2O. The van der Waals surface area contributed by atoms with Gasteiger partial charge in [0.15, 0.2) is 6.10 Å². The molecule has 1 spiro atoms. The van der Waals surface area contributed by atoms with Gasteiger partial charge < -0.3 is 4.74 Å². The Kier molecular flexibility index (Phi) is 3.44. The van der Waals surface area contributed by atoms with Gasteiger partial charge >= 0.3 is 0 Å². The summed E-state index contributed by atoms with van der Waals surface area (Å²) < 4.78 is 6.09. The van der Waals surface area contributed by atoms with Crippen molar-refractivity contribution >= 4 is 11.6 Å². The molecule has 20 heavy (non-hydrogen) atoms. The molecule has 2 aliphatic rings. The van der Waals surface area contributed by atoms with Gasteiger partial charge in [-0.15, -0.1) is 6.42 Å². The van der Waals surface area contributed by atoms with E-state index >= 15 is 0 Å². The molecule has 4 heteroatoms. The van der Waals surface area contributed by atoms with E-state index in [4.69, 9.17) is 22.8 Å². The highest BCUT2D eigenvalue weighted by Gasteiger charge is 2.46. The van der Waals surface area contributed by atoms with Crippen LogP contribution in [0.5, 0.6) is 0 Å². The normalized spacial score (nSPS) is 24.1. The SMILES string of the molecule is C#CCN1CCC2(CC1)OC(C#N)c1ccc(Cl)cc12. The molecule has 2 heterocycles. The Morgan fingerprint density at radius 3 is 2.85 bits per heavy atom. The smallest absolute Gasteiger partial charge is 0.170 e. The van der Waals surface area contributed by atoms with E-state index in [0.717, 1.165) is 37.1 Å². The number of nitriles is 1. The Hall–Kier alpha value is -1.52. The van der Waals surface area contributed by atoms with Crippen LogP contribution in [0.15, 0.2) is 18.2 Å². The van der Waals surface area contributed by atoms with E-state index in [1.807, 2.05) is 18.2 Å². The van der Waals surface area contributed by atoms with E-state index in [1.165, 1.54) is 0 Å². The Labute approximate surface area is 124 Å². The Morgan fingerprint density at radius 2 is 2.20 bits per heavy atom. The summed E-state index contributed by atoms with van der Waals surface area (Å²) in [7, 11) is 0. The summed E-state index contributed by atoms with van der Waals surface area (Å²) in [6.07, 6.45) is 6.57. The van der Waals surface area contributed by atoms with Gasteiger partial charge in [0, 0.05) is 23.7 Å². The summed E-state index contributed by atoms with van der Waals surface area (Å²) in [5.74, 6) is 2.68. The highest BCUT2D eigenvalue weighted by atomic mass is 35.5. The van der Waals surface area contributed by atoms with Gasteiger partial charge in [0.05, 0.1) is 18.2 Å². The second kappa shape index (κ2) is 5.11. The van der Waals surface area contributed by atoms with E-state index in [1.54, 1.807) is 0 Å². The number of piperidine rings is 1. The van der Waals surface area contributed by atoms with Gasteiger partial charge in [-0.2, -0.15) is 5.26 Å². The van der Waals surface area contributed by atoms with E-state index in [2.05, 4.69) is 16.9 Å². The van der Waals surface area contributed by atoms with E-state index < -0.39 is 6.10 Å². The van der Waals surface area contributed by atoms with Crippen LogP contribution in [0.3, 0.4) is 0 Å². The fourth-order valence-electron chi connectivity index (χ4n) is 3.19. The molecule has 3 nitrogen and oxygen atoms in total. The standard InChI is InChI=1S/C16H15ClN2O/c1-2-7-19-8-5-16(6-9-19)14-10-12(17)3-4-13(14)15(11-18)20-16/h1,3-4,10,15H,5-9H2. The van der Waals surface area contributed by atoms with Gasteiger partial charge in [-0.1, -0.05) is 23.6 Å². The molecule has 1 unspecified atom stereocenters. The second-order valence-corrected chi connectivity index (χ2v) is 5.77. The Bertz CT molecular complexity index is 606. The number of likely N-dealkylation sites (tertiary alicyclic amines) is 1. The number of benzene rings is 1. The number of fused-ring (bicyclic) bond motifs is 2. The van der Waals surface area contributed by atoms with Crippen LogP contribution in [0.25, 0.3) is 0 Å². The van der Waals surface area contributed by atoms with Crippen molar-refractivity contribution in [3.05, 3.63) is 34.3 Å². The van der Waals surface area contributed by atoms with Crippen molar-refractivity contribution in [2.75, 3.05) is 19.6 Å². The molecule has 1 saturated heterocycles. The second-order valence-electron chi connectivity index (χ2n) is 5.33. The fourth-order valence-corrected chi connectivity index (χ4v) is 3.36. The highest BCUT2D eigenvalue weighted by molar-refractivity contribution is 6.30. The summed E-state index contributed by atoms with van der Waals surface area (Å²) in [6, 6.07) is 7.92. The van der Waals surface area contributed by atoms with Crippen molar-refractivity contribution in [1.82, 2.24) is 4.90 Å².